The minimum Gasteiger partial charge on any atom is -0.337 e. The number of halogens is 1. The standard InChI is InChI=1S/C14H13ClN2O3S/c1-9-11(4-3-5-12(9)17(19)20)14(18)16(2)8-10-6-7-13(15)21-10/h3-7H,8H2,1-2H3. The predicted molar refractivity (Wildman–Crippen MR) is 83.0 cm³/mol. The monoisotopic (exact) mass is 324 g/mol. The molecule has 0 spiro atoms. The van der Waals surface area contributed by atoms with E-state index in [1.54, 1.807) is 26.1 Å². The van der Waals surface area contributed by atoms with Crippen LogP contribution in [-0.2, 0) is 6.54 Å². The quantitative estimate of drug-likeness (QED) is 0.633. The normalized spacial score (nSPS) is 10.4. The molecule has 2 rings (SSSR count). The maximum absolute atomic E-state index is 12.4. The van der Waals surface area contributed by atoms with Gasteiger partial charge in [0.05, 0.1) is 15.8 Å². The molecule has 21 heavy (non-hydrogen) atoms. The lowest BCUT2D eigenvalue weighted by Crippen LogP contribution is -2.26. The van der Waals surface area contributed by atoms with Crippen LogP contribution in [-0.4, -0.2) is 22.8 Å². The Morgan fingerprint density at radius 3 is 2.67 bits per heavy atom. The molecule has 7 heteroatoms. The first-order chi connectivity index (χ1) is 9.90. The van der Waals surface area contributed by atoms with Crippen LogP contribution in [0.1, 0.15) is 20.8 Å². The number of benzene rings is 1. The topological polar surface area (TPSA) is 63.5 Å². The Morgan fingerprint density at radius 2 is 2.10 bits per heavy atom. The number of hydrogen-bond donors (Lipinski definition) is 0. The zero-order chi connectivity index (χ0) is 15.6. The summed E-state index contributed by atoms with van der Waals surface area (Å²) in [7, 11) is 1.66. The molecular weight excluding hydrogens is 312 g/mol. The van der Waals surface area contributed by atoms with E-state index < -0.39 is 4.92 Å². The van der Waals surface area contributed by atoms with Crippen molar-refractivity contribution in [1.82, 2.24) is 4.90 Å². The van der Waals surface area contributed by atoms with Crippen LogP contribution in [0.2, 0.25) is 4.34 Å². The number of nitrogens with zero attached hydrogens (tertiary/aromatic N) is 2. The van der Waals surface area contributed by atoms with E-state index in [0.717, 1.165) is 4.88 Å². The van der Waals surface area contributed by atoms with Crippen LogP contribution in [0, 0.1) is 17.0 Å². The Labute approximate surface area is 130 Å². The van der Waals surface area contributed by atoms with Gasteiger partial charge in [-0.3, -0.25) is 14.9 Å². The maximum Gasteiger partial charge on any atom is 0.273 e. The van der Waals surface area contributed by atoms with Gasteiger partial charge in [-0.25, -0.2) is 0 Å². The number of hydrogen-bond acceptors (Lipinski definition) is 4. The van der Waals surface area contributed by atoms with E-state index in [9.17, 15) is 14.9 Å². The Morgan fingerprint density at radius 1 is 1.38 bits per heavy atom. The van der Waals surface area contributed by atoms with E-state index in [4.69, 9.17) is 11.6 Å². The average Bonchev–Trinajstić information content (AvgIpc) is 2.83. The highest BCUT2D eigenvalue weighted by Crippen LogP contribution is 2.25. The molecule has 2 aromatic rings. The summed E-state index contributed by atoms with van der Waals surface area (Å²) in [5.74, 6) is -0.249. The van der Waals surface area contributed by atoms with Gasteiger partial charge in [-0.05, 0) is 25.1 Å². The first-order valence-electron chi connectivity index (χ1n) is 6.14. The fraction of sp³-hybridized carbons (Fsp3) is 0.214. The van der Waals surface area contributed by atoms with E-state index in [0.29, 0.717) is 22.0 Å². The first kappa shape index (κ1) is 15.5. The number of thiophene rings is 1. The van der Waals surface area contributed by atoms with Crippen LogP contribution in [0.25, 0.3) is 0 Å². The van der Waals surface area contributed by atoms with Crippen molar-refractivity contribution in [3.63, 3.8) is 0 Å². The lowest BCUT2D eigenvalue weighted by molar-refractivity contribution is -0.385. The molecule has 0 aliphatic rings. The van der Waals surface area contributed by atoms with Gasteiger partial charge in [0.25, 0.3) is 11.6 Å². The van der Waals surface area contributed by atoms with Crippen LogP contribution in [0.5, 0.6) is 0 Å². The molecule has 0 aliphatic heterocycles. The molecule has 1 aromatic heterocycles. The van der Waals surface area contributed by atoms with Gasteiger partial charge in [0.1, 0.15) is 0 Å². The zero-order valence-corrected chi connectivity index (χ0v) is 13.1. The highest BCUT2D eigenvalue weighted by atomic mass is 35.5. The molecule has 0 saturated carbocycles. The number of amides is 1. The minimum atomic E-state index is -0.481. The van der Waals surface area contributed by atoms with Crippen molar-refractivity contribution >= 4 is 34.5 Å². The summed E-state index contributed by atoms with van der Waals surface area (Å²) in [5, 5.41) is 10.9. The molecule has 0 N–H and O–H groups in total. The second-order valence-electron chi connectivity index (χ2n) is 4.57. The summed E-state index contributed by atoms with van der Waals surface area (Å²) in [6.45, 7) is 2.00. The van der Waals surface area contributed by atoms with Gasteiger partial charge >= 0.3 is 0 Å². The lowest BCUT2D eigenvalue weighted by atomic mass is 10.1. The van der Waals surface area contributed by atoms with E-state index in [-0.39, 0.29) is 11.6 Å². The van der Waals surface area contributed by atoms with Crippen molar-refractivity contribution in [1.29, 1.82) is 0 Å². The SMILES string of the molecule is Cc1c(C(=O)N(C)Cc2ccc(Cl)s2)cccc1[N+](=O)[O-]. The maximum atomic E-state index is 12.4. The van der Waals surface area contributed by atoms with Crippen molar-refractivity contribution in [2.45, 2.75) is 13.5 Å². The summed E-state index contributed by atoms with van der Waals surface area (Å²) in [6.07, 6.45) is 0. The van der Waals surface area contributed by atoms with E-state index in [1.165, 1.54) is 28.4 Å². The zero-order valence-electron chi connectivity index (χ0n) is 11.5. The van der Waals surface area contributed by atoms with Crippen LogP contribution in [0.15, 0.2) is 30.3 Å². The van der Waals surface area contributed by atoms with Crippen molar-refractivity contribution < 1.29 is 9.72 Å². The van der Waals surface area contributed by atoms with Crippen molar-refractivity contribution in [3.8, 4) is 0 Å². The van der Waals surface area contributed by atoms with E-state index in [2.05, 4.69) is 0 Å². The van der Waals surface area contributed by atoms with Gasteiger partial charge in [-0.1, -0.05) is 17.7 Å². The second-order valence-corrected chi connectivity index (χ2v) is 6.37. The molecule has 1 amide bonds. The highest BCUT2D eigenvalue weighted by molar-refractivity contribution is 7.16. The summed E-state index contributed by atoms with van der Waals surface area (Å²) in [6, 6.07) is 8.15. The molecule has 0 saturated heterocycles. The summed E-state index contributed by atoms with van der Waals surface area (Å²) < 4.78 is 0.664. The molecule has 0 bridgehead atoms. The predicted octanol–water partition coefficient (Wildman–Crippen LogP) is 3.89. The van der Waals surface area contributed by atoms with Crippen molar-refractivity contribution in [2.24, 2.45) is 0 Å². The summed E-state index contributed by atoms with van der Waals surface area (Å²) in [5.41, 5.74) is 0.673. The molecule has 0 radical (unpaired) electrons. The third-order valence-corrected chi connectivity index (χ3v) is 4.32. The number of nitro groups is 1. The third-order valence-electron chi connectivity index (χ3n) is 3.10. The van der Waals surface area contributed by atoms with Gasteiger partial charge in [0.2, 0.25) is 0 Å². The number of carbonyl (C=O) groups excluding carboxylic acids is 1. The Hall–Kier alpha value is -1.92. The molecule has 1 aromatic carbocycles. The van der Waals surface area contributed by atoms with Gasteiger partial charge < -0.3 is 4.90 Å². The molecule has 1 heterocycles. The fourth-order valence-electron chi connectivity index (χ4n) is 2.00. The molecule has 0 aliphatic carbocycles. The van der Waals surface area contributed by atoms with Crippen molar-refractivity contribution in [3.05, 3.63) is 60.8 Å². The van der Waals surface area contributed by atoms with E-state index in [1.807, 2.05) is 6.07 Å². The summed E-state index contributed by atoms with van der Waals surface area (Å²) in [4.78, 5) is 25.4. The van der Waals surface area contributed by atoms with Gasteiger partial charge in [0.15, 0.2) is 0 Å². The Kier molecular flexibility index (Phi) is 4.59. The third kappa shape index (κ3) is 3.40. The van der Waals surface area contributed by atoms with Crippen LogP contribution >= 0.6 is 22.9 Å². The number of nitro benzene ring substituents is 1. The molecule has 5 nitrogen and oxygen atoms in total. The van der Waals surface area contributed by atoms with E-state index >= 15 is 0 Å². The van der Waals surface area contributed by atoms with Gasteiger partial charge in [0, 0.05) is 29.1 Å². The first-order valence-corrected chi connectivity index (χ1v) is 7.33. The average molecular weight is 325 g/mol. The fourth-order valence-corrected chi connectivity index (χ4v) is 3.14. The van der Waals surface area contributed by atoms with Gasteiger partial charge in [-0.2, -0.15) is 0 Å². The largest absolute Gasteiger partial charge is 0.337 e. The Bertz CT molecular complexity index is 699. The molecule has 0 unspecified atom stereocenters. The molecule has 110 valence electrons. The smallest absolute Gasteiger partial charge is 0.273 e. The summed E-state index contributed by atoms with van der Waals surface area (Å²) >= 11 is 7.27. The van der Waals surface area contributed by atoms with Crippen LogP contribution in [0.3, 0.4) is 0 Å². The van der Waals surface area contributed by atoms with Crippen LogP contribution in [0.4, 0.5) is 5.69 Å². The number of rotatable bonds is 4. The molecule has 0 fully saturated rings. The Balaban J connectivity index is 2.23. The second kappa shape index (κ2) is 6.24. The van der Waals surface area contributed by atoms with Crippen LogP contribution < -0.4 is 0 Å². The highest BCUT2D eigenvalue weighted by Gasteiger charge is 2.20. The molecule has 0 atom stereocenters. The lowest BCUT2D eigenvalue weighted by Gasteiger charge is -2.17. The number of carbonyl (C=O) groups is 1. The minimum absolute atomic E-state index is 0.0478. The van der Waals surface area contributed by atoms with Gasteiger partial charge in [-0.15, -0.1) is 11.3 Å². The van der Waals surface area contributed by atoms with Crippen molar-refractivity contribution in [2.75, 3.05) is 7.05 Å². The molecular formula is C14H13ClN2O3S.